The fourth-order valence-corrected chi connectivity index (χ4v) is 1.28. The van der Waals surface area contributed by atoms with Crippen LogP contribution in [0, 0.1) is 5.41 Å². The van der Waals surface area contributed by atoms with E-state index in [1.807, 2.05) is 13.8 Å². The van der Waals surface area contributed by atoms with E-state index in [1.165, 1.54) is 7.11 Å². The monoisotopic (exact) mass is 186 g/mol. The summed E-state index contributed by atoms with van der Waals surface area (Å²) >= 11 is 0. The Morgan fingerprint density at radius 1 is 1.38 bits per heavy atom. The van der Waals surface area contributed by atoms with Crippen LogP contribution >= 0.6 is 0 Å². The first kappa shape index (κ1) is 12.1. The van der Waals surface area contributed by atoms with E-state index in [1.54, 1.807) is 0 Å². The maximum Gasteiger partial charge on any atom is 0.305 e. The van der Waals surface area contributed by atoms with Gasteiger partial charge in [-0.25, -0.2) is 0 Å². The molecule has 0 aliphatic heterocycles. The fourth-order valence-electron chi connectivity index (χ4n) is 1.28. The summed E-state index contributed by atoms with van der Waals surface area (Å²) in [5.74, 6) is -0.242. The first-order valence-electron chi connectivity index (χ1n) is 4.67. The summed E-state index contributed by atoms with van der Waals surface area (Å²) in [7, 11) is 1.36. The van der Waals surface area contributed by atoms with Crippen molar-refractivity contribution in [3.63, 3.8) is 0 Å². The average Bonchev–Trinajstić information content (AvgIpc) is 2.20. The van der Waals surface area contributed by atoms with Crippen LogP contribution in [-0.4, -0.2) is 19.4 Å². The number of methoxy groups -OCH3 is 1. The minimum absolute atomic E-state index is 0.242. The first-order chi connectivity index (χ1) is 6.14. The minimum atomic E-state index is -0.325. The van der Waals surface area contributed by atoms with Gasteiger partial charge in [0, 0.05) is 11.8 Å². The Hall–Kier alpha value is -0.860. The predicted octanol–water partition coefficient (Wildman–Crippen LogP) is 1.94. The SMILES string of the molecule is CCC(C=O)(CC)CCC(=O)OC. The summed E-state index contributed by atoms with van der Waals surface area (Å²) in [6.45, 7) is 3.93. The molecule has 0 saturated heterocycles. The molecule has 0 spiro atoms. The molecular weight excluding hydrogens is 168 g/mol. The molecule has 0 bridgehead atoms. The van der Waals surface area contributed by atoms with Gasteiger partial charge in [-0.3, -0.25) is 4.79 Å². The van der Waals surface area contributed by atoms with Crippen molar-refractivity contribution in [2.75, 3.05) is 7.11 Å². The molecule has 76 valence electrons. The zero-order chi connectivity index (χ0) is 10.3. The van der Waals surface area contributed by atoms with Gasteiger partial charge in [-0.05, 0) is 19.3 Å². The molecule has 0 unspecified atom stereocenters. The van der Waals surface area contributed by atoms with E-state index >= 15 is 0 Å². The standard InChI is InChI=1S/C10H18O3/c1-4-10(5-2,8-11)7-6-9(12)13-3/h8H,4-7H2,1-3H3. The lowest BCUT2D eigenvalue weighted by atomic mass is 9.80. The van der Waals surface area contributed by atoms with Crippen LogP contribution in [0.15, 0.2) is 0 Å². The second-order valence-electron chi connectivity index (χ2n) is 3.26. The van der Waals surface area contributed by atoms with E-state index in [0.717, 1.165) is 19.1 Å². The van der Waals surface area contributed by atoms with Gasteiger partial charge in [0.05, 0.1) is 7.11 Å². The maximum atomic E-state index is 10.9. The van der Waals surface area contributed by atoms with Crippen molar-refractivity contribution in [1.29, 1.82) is 0 Å². The van der Waals surface area contributed by atoms with Crippen LogP contribution in [-0.2, 0) is 14.3 Å². The molecule has 0 rings (SSSR count). The summed E-state index contributed by atoms with van der Waals surface area (Å²) < 4.78 is 4.52. The molecule has 0 amide bonds. The summed E-state index contributed by atoms with van der Waals surface area (Å²) in [6, 6.07) is 0. The molecule has 13 heavy (non-hydrogen) atoms. The molecule has 0 aliphatic carbocycles. The van der Waals surface area contributed by atoms with E-state index < -0.39 is 0 Å². The summed E-state index contributed by atoms with van der Waals surface area (Å²) in [5.41, 5.74) is -0.325. The molecule has 0 aromatic carbocycles. The largest absolute Gasteiger partial charge is 0.469 e. The third kappa shape index (κ3) is 3.57. The van der Waals surface area contributed by atoms with Gasteiger partial charge in [-0.15, -0.1) is 0 Å². The highest BCUT2D eigenvalue weighted by Gasteiger charge is 2.26. The minimum Gasteiger partial charge on any atom is -0.469 e. The van der Waals surface area contributed by atoms with Gasteiger partial charge >= 0.3 is 5.97 Å². The highest BCUT2D eigenvalue weighted by molar-refractivity contribution is 5.70. The van der Waals surface area contributed by atoms with Crippen LogP contribution in [0.25, 0.3) is 0 Å². The molecule has 0 atom stereocenters. The van der Waals surface area contributed by atoms with Gasteiger partial charge < -0.3 is 9.53 Å². The second-order valence-corrected chi connectivity index (χ2v) is 3.26. The number of esters is 1. The van der Waals surface area contributed by atoms with Crippen molar-refractivity contribution in [2.24, 2.45) is 5.41 Å². The zero-order valence-corrected chi connectivity index (χ0v) is 8.63. The highest BCUT2D eigenvalue weighted by Crippen LogP contribution is 2.29. The molecule has 3 heteroatoms. The van der Waals surface area contributed by atoms with Crippen molar-refractivity contribution in [3.05, 3.63) is 0 Å². The second kappa shape index (κ2) is 5.73. The quantitative estimate of drug-likeness (QED) is 0.470. The highest BCUT2D eigenvalue weighted by atomic mass is 16.5. The van der Waals surface area contributed by atoms with E-state index in [4.69, 9.17) is 0 Å². The average molecular weight is 186 g/mol. The Morgan fingerprint density at radius 2 is 1.92 bits per heavy atom. The van der Waals surface area contributed by atoms with Gasteiger partial charge in [0.1, 0.15) is 6.29 Å². The number of carbonyl (C=O) groups excluding carboxylic acids is 2. The Balaban J connectivity index is 4.10. The number of rotatable bonds is 6. The lowest BCUT2D eigenvalue weighted by molar-refractivity contribution is -0.141. The van der Waals surface area contributed by atoms with Crippen molar-refractivity contribution in [2.45, 2.75) is 39.5 Å². The fraction of sp³-hybridized carbons (Fsp3) is 0.800. The van der Waals surface area contributed by atoms with Crippen LogP contribution in [0.1, 0.15) is 39.5 Å². The van der Waals surface area contributed by atoms with Crippen LogP contribution < -0.4 is 0 Å². The van der Waals surface area contributed by atoms with E-state index in [-0.39, 0.29) is 11.4 Å². The molecule has 0 aromatic rings. The van der Waals surface area contributed by atoms with Crippen molar-refractivity contribution in [3.8, 4) is 0 Å². The van der Waals surface area contributed by atoms with Crippen LogP contribution in [0.5, 0.6) is 0 Å². The number of ether oxygens (including phenoxy) is 1. The van der Waals surface area contributed by atoms with Gasteiger partial charge in [-0.1, -0.05) is 13.8 Å². The van der Waals surface area contributed by atoms with Crippen molar-refractivity contribution >= 4 is 12.3 Å². The zero-order valence-electron chi connectivity index (χ0n) is 8.63. The van der Waals surface area contributed by atoms with E-state index in [2.05, 4.69) is 4.74 Å². The number of hydrogen-bond donors (Lipinski definition) is 0. The van der Waals surface area contributed by atoms with Crippen molar-refractivity contribution < 1.29 is 14.3 Å². The summed E-state index contributed by atoms with van der Waals surface area (Å²) in [5, 5.41) is 0. The van der Waals surface area contributed by atoms with Crippen molar-refractivity contribution in [1.82, 2.24) is 0 Å². The number of aldehydes is 1. The smallest absolute Gasteiger partial charge is 0.305 e. The molecule has 0 heterocycles. The Bertz CT molecular complexity index is 171. The molecule has 0 aromatic heterocycles. The van der Waals surface area contributed by atoms with Gasteiger partial charge in [0.25, 0.3) is 0 Å². The van der Waals surface area contributed by atoms with Crippen LogP contribution in [0.3, 0.4) is 0 Å². The molecule has 0 aliphatic rings. The van der Waals surface area contributed by atoms with Gasteiger partial charge in [0.15, 0.2) is 0 Å². The number of carbonyl (C=O) groups is 2. The molecule has 0 radical (unpaired) electrons. The topological polar surface area (TPSA) is 43.4 Å². The Morgan fingerprint density at radius 3 is 2.23 bits per heavy atom. The van der Waals surface area contributed by atoms with E-state index in [0.29, 0.717) is 12.8 Å². The lowest BCUT2D eigenvalue weighted by Gasteiger charge is -2.23. The first-order valence-corrected chi connectivity index (χ1v) is 4.67. The summed E-state index contributed by atoms with van der Waals surface area (Å²) in [4.78, 5) is 21.7. The van der Waals surface area contributed by atoms with Gasteiger partial charge in [0.2, 0.25) is 0 Å². The summed E-state index contributed by atoms with van der Waals surface area (Å²) in [6.07, 6.45) is 3.46. The lowest BCUT2D eigenvalue weighted by Crippen LogP contribution is -2.22. The van der Waals surface area contributed by atoms with E-state index in [9.17, 15) is 9.59 Å². The predicted molar refractivity (Wildman–Crippen MR) is 50.3 cm³/mol. The Kier molecular flexibility index (Phi) is 5.35. The molecular formula is C10H18O3. The number of hydrogen-bond acceptors (Lipinski definition) is 3. The van der Waals surface area contributed by atoms with Crippen LogP contribution in [0.4, 0.5) is 0 Å². The molecule has 0 saturated carbocycles. The normalized spacial score (nSPS) is 11.0. The third-order valence-corrected chi connectivity index (χ3v) is 2.71. The van der Waals surface area contributed by atoms with Gasteiger partial charge in [-0.2, -0.15) is 0 Å². The molecule has 0 N–H and O–H groups in total. The molecule has 0 fully saturated rings. The third-order valence-electron chi connectivity index (χ3n) is 2.71. The Labute approximate surface area is 79.5 Å². The van der Waals surface area contributed by atoms with Crippen LogP contribution in [0.2, 0.25) is 0 Å². The maximum absolute atomic E-state index is 10.9. The molecule has 3 nitrogen and oxygen atoms in total.